The van der Waals surface area contributed by atoms with Gasteiger partial charge in [0, 0.05) is 21.5 Å². The summed E-state index contributed by atoms with van der Waals surface area (Å²) in [6.07, 6.45) is -2.24. The molecule has 0 fully saturated rings. The molecule has 0 atom stereocenters. The van der Waals surface area contributed by atoms with Gasteiger partial charge >= 0.3 is 12.3 Å². The standard InChI is InChI=1S/C19H13Cl2F3N2O2/c1-28-17(27)8-7-15-18-12(9-11-5-6-13(20)10-14(11)21)3-2-4-16(18)26(25-15)19(22,23)24/h2-8,10H,9H2,1H3/b8-7+. The van der Waals surface area contributed by atoms with E-state index in [1.165, 1.54) is 25.3 Å². The summed E-state index contributed by atoms with van der Waals surface area (Å²) in [5.41, 5.74) is 1.14. The Bertz CT molecular complexity index is 1070. The first-order chi connectivity index (χ1) is 13.2. The lowest BCUT2D eigenvalue weighted by atomic mass is 10.00. The first-order valence-electron chi connectivity index (χ1n) is 7.98. The van der Waals surface area contributed by atoms with E-state index in [2.05, 4.69) is 9.84 Å². The lowest BCUT2D eigenvalue weighted by molar-refractivity contribution is -0.209. The zero-order valence-electron chi connectivity index (χ0n) is 14.4. The summed E-state index contributed by atoms with van der Waals surface area (Å²) in [5.74, 6) is -0.701. The number of ether oxygens (including phenoxy) is 1. The molecule has 3 aromatic rings. The minimum Gasteiger partial charge on any atom is -0.466 e. The molecule has 0 bridgehead atoms. The molecule has 1 aromatic heterocycles. The zero-order valence-corrected chi connectivity index (χ0v) is 15.9. The molecule has 0 aliphatic heterocycles. The molecular formula is C19H13Cl2F3N2O2. The number of carbonyl (C=O) groups excluding carboxylic acids is 1. The first kappa shape index (κ1) is 20.2. The summed E-state index contributed by atoms with van der Waals surface area (Å²) in [7, 11) is 1.17. The first-order valence-corrected chi connectivity index (χ1v) is 8.74. The lowest BCUT2D eigenvalue weighted by Crippen LogP contribution is -2.18. The average Bonchev–Trinajstić information content (AvgIpc) is 3.02. The van der Waals surface area contributed by atoms with Crippen molar-refractivity contribution in [3.8, 4) is 0 Å². The van der Waals surface area contributed by atoms with Crippen LogP contribution in [-0.2, 0) is 22.3 Å². The molecule has 0 radical (unpaired) electrons. The maximum Gasteiger partial charge on any atom is 0.505 e. The SMILES string of the molecule is COC(=O)/C=C/c1nn(C(F)(F)F)c2cccc(Cc3ccc(Cl)cc3Cl)c12. The van der Waals surface area contributed by atoms with E-state index in [1.54, 1.807) is 24.3 Å². The Morgan fingerprint density at radius 2 is 1.96 bits per heavy atom. The maximum absolute atomic E-state index is 13.4. The molecule has 0 aliphatic carbocycles. The van der Waals surface area contributed by atoms with Gasteiger partial charge in [-0.15, -0.1) is 13.2 Å². The molecule has 9 heteroatoms. The predicted molar refractivity (Wildman–Crippen MR) is 101 cm³/mol. The minimum atomic E-state index is -4.72. The van der Waals surface area contributed by atoms with Crippen LogP contribution in [0.15, 0.2) is 42.5 Å². The summed E-state index contributed by atoms with van der Waals surface area (Å²) in [6.45, 7) is 0. The van der Waals surface area contributed by atoms with Crippen molar-refractivity contribution in [3.63, 3.8) is 0 Å². The van der Waals surface area contributed by atoms with Crippen molar-refractivity contribution in [1.29, 1.82) is 0 Å². The highest BCUT2D eigenvalue weighted by atomic mass is 35.5. The lowest BCUT2D eigenvalue weighted by Gasteiger charge is -2.09. The fraction of sp³-hybridized carbons (Fsp3) is 0.158. The molecule has 28 heavy (non-hydrogen) atoms. The van der Waals surface area contributed by atoms with Crippen molar-refractivity contribution >= 4 is 46.2 Å². The number of benzene rings is 2. The number of rotatable bonds is 4. The summed E-state index contributed by atoms with van der Waals surface area (Å²) >= 11 is 12.1. The summed E-state index contributed by atoms with van der Waals surface area (Å²) in [6, 6.07) is 9.44. The van der Waals surface area contributed by atoms with Gasteiger partial charge in [-0.2, -0.15) is 9.78 Å². The van der Waals surface area contributed by atoms with Crippen LogP contribution < -0.4 is 0 Å². The summed E-state index contributed by atoms with van der Waals surface area (Å²) in [4.78, 5) is 11.4. The van der Waals surface area contributed by atoms with Crippen molar-refractivity contribution in [2.75, 3.05) is 7.11 Å². The Morgan fingerprint density at radius 3 is 2.61 bits per heavy atom. The number of hydrogen-bond donors (Lipinski definition) is 0. The Kier molecular flexibility index (Phi) is 5.67. The number of halogens is 5. The van der Waals surface area contributed by atoms with Gasteiger partial charge in [-0.1, -0.05) is 41.4 Å². The van der Waals surface area contributed by atoms with Crippen LogP contribution in [0.4, 0.5) is 13.2 Å². The van der Waals surface area contributed by atoms with Crippen LogP contribution in [0, 0.1) is 0 Å². The van der Waals surface area contributed by atoms with Gasteiger partial charge in [-0.05, 0) is 41.8 Å². The fourth-order valence-electron chi connectivity index (χ4n) is 2.81. The third-order valence-corrected chi connectivity index (χ3v) is 4.62. The number of aromatic nitrogens is 2. The molecule has 1 heterocycles. The Labute approximate surface area is 168 Å². The molecule has 2 aromatic carbocycles. The van der Waals surface area contributed by atoms with E-state index < -0.39 is 12.3 Å². The fourth-order valence-corrected chi connectivity index (χ4v) is 3.29. The number of hydrogen-bond acceptors (Lipinski definition) is 3. The van der Waals surface area contributed by atoms with E-state index in [0.29, 0.717) is 21.2 Å². The number of esters is 1. The van der Waals surface area contributed by atoms with Gasteiger partial charge in [0.2, 0.25) is 0 Å². The largest absolute Gasteiger partial charge is 0.505 e. The summed E-state index contributed by atoms with van der Waals surface area (Å²) < 4.78 is 44.7. The molecule has 0 spiro atoms. The second-order valence-electron chi connectivity index (χ2n) is 5.85. The van der Waals surface area contributed by atoms with Crippen molar-refractivity contribution < 1.29 is 22.7 Å². The Balaban J connectivity index is 2.18. The van der Waals surface area contributed by atoms with E-state index >= 15 is 0 Å². The Morgan fingerprint density at radius 1 is 1.21 bits per heavy atom. The smallest absolute Gasteiger partial charge is 0.466 e. The van der Waals surface area contributed by atoms with Gasteiger partial charge in [0.25, 0.3) is 0 Å². The van der Waals surface area contributed by atoms with E-state index in [4.69, 9.17) is 23.2 Å². The van der Waals surface area contributed by atoms with Crippen molar-refractivity contribution in [2.24, 2.45) is 0 Å². The van der Waals surface area contributed by atoms with E-state index in [9.17, 15) is 18.0 Å². The average molecular weight is 429 g/mol. The number of nitrogens with zero attached hydrogens (tertiary/aromatic N) is 2. The van der Waals surface area contributed by atoms with Crippen LogP contribution in [0.1, 0.15) is 16.8 Å². The van der Waals surface area contributed by atoms with Gasteiger partial charge in [0.05, 0.1) is 18.3 Å². The van der Waals surface area contributed by atoms with Crippen LogP contribution >= 0.6 is 23.2 Å². The van der Waals surface area contributed by atoms with E-state index in [0.717, 1.165) is 6.08 Å². The number of fused-ring (bicyclic) bond motifs is 1. The van der Waals surface area contributed by atoms with E-state index in [-0.39, 0.29) is 27.7 Å². The Hall–Kier alpha value is -2.51. The molecular weight excluding hydrogens is 416 g/mol. The van der Waals surface area contributed by atoms with Gasteiger partial charge in [-0.25, -0.2) is 4.79 Å². The summed E-state index contributed by atoms with van der Waals surface area (Å²) in [5, 5.41) is 4.78. The highest BCUT2D eigenvalue weighted by Crippen LogP contribution is 2.33. The van der Waals surface area contributed by atoms with Crippen LogP contribution in [0.3, 0.4) is 0 Å². The molecule has 0 amide bonds. The van der Waals surface area contributed by atoms with Crippen LogP contribution in [0.2, 0.25) is 10.0 Å². The molecule has 0 saturated heterocycles. The molecule has 4 nitrogen and oxygen atoms in total. The topological polar surface area (TPSA) is 44.1 Å². The normalized spacial score (nSPS) is 12.1. The molecule has 0 unspecified atom stereocenters. The van der Waals surface area contributed by atoms with Crippen LogP contribution in [0.5, 0.6) is 0 Å². The van der Waals surface area contributed by atoms with Crippen molar-refractivity contribution in [1.82, 2.24) is 9.78 Å². The second-order valence-corrected chi connectivity index (χ2v) is 6.69. The van der Waals surface area contributed by atoms with Gasteiger partial charge in [-0.3, -0.25) is 0 Å². The van der Waals surface area contributed by atoms with Crippen molar-refractivity contribution in [3.05, 3.63) is 69.3 Å². The van der Waals surface area contributed by atoms with Crippen molar-refractivity contribution in [2.45, 2.75) is 12.7 Å². The second kappa shape index (κ2) is 7.85. The highest BCUT2D eigenvalue weighted by molar-refractivity contribution is 6.35. The third kappa shape index (κ3) is 4.15. The number of alkyl halides is 3. The highest BCUT2D eigenvalue weighted by Gasteiger charge is 2.34. The maximum atomic E-state index is 13.4. The zero-order chi connectivity index (χ0) is 20.5. The molecule has 0 saturated carbocycles. The minimum absolute atomic E-state index is 0.00147. The molecule has 0 aliphatic rings. The molecule has 146 valence electrons. The number of methoxy groups -OCH3 is 1. The molecule has 3 rings (SSSR count). The monoisotopic (exact) mass is 428 g/mol. The van der Waals surface area contributed by atoms with Gasteiger partial charge in [0.1, 0.15) is 0 Å². The molecule has 0 N–H and O–H groups in total. The predicted octanol–water partition coefficient (Wildman–Crippen LogP) is 5.60. The van der Waals surface area contributed by atoms with E-state index in [1.807, 2.05) is 0 Å². The van der Waals surface area contributed by atoms with Crippen LogP contribution in [0.25, 0.3) is 17.0 Å². The van der Waals surface area contributed by atoms with Crippen LogP contribution in [-0.4, -0.2) is 22.9 Å². The number of carbonyl (C=O) groups is 1. The quantitative estimate of drug-likeness (QED) is 0.401. The third-order valence-electron chi connectivity index (χ3n) is 4.04. The van der Waals surface area contributed by atoms with Gasteiger partial charge < -0.3 is 4.74 Å². The van der Waals surface area contributed by atoms with Gasteiger partial charge in [0.15, 0.2) is 0 Å².